The number of nitrogens with zero attached hydrogens (tertiary/aromatic N) is 3. The standard InChI is InChI=1S/C21H21BrN4O2S/c1-12-3-8-16-17(9-12)29-20-18(16)21(28)26(11-23-20)13(2)19(27)25-24-10-14-4-6-15(22)7-5-14/h4-7,10-13H,3,8-9H2,1-2H3,(H,25,27)/t12-,13-/m0/s1. The van der Waals surface area contributed by atoms with Crippen LogP contribution in [0.3, 0.4) is 0 Å². The lowest BCUT2D eigenvalue weighted by atomic mass is 9.89. The predicted octanol–water partition coefficient (Wildman–Crippen LogP) is 4.06. The maximum atomic E-state index is 13.1. The van der Waals surface area contributed by atoms with Crippen LogP contribution in [0.1, 0.15) is 42.3 Å². The number of aromatic nitrogens is 2. The third-order valence-corrected chi connectivity index (χ3v) is 6.99. The summed E-state index contributed by atoms with van der Waals surface area (Å²) in [5.41, 5.74) is 4.35. The molecule has 1 aliphatic rings. The van der Waals surface area contributed by atoms with E-state index in [4.69, 9.17) is 0 Å². The van der Waals surface area contributed by atoms with Gasteiger partial charge in [0, 0.05) is 9.35 Å². The molecule has 0 bridgehead atoms. The Morgan fingerprint density at radius 2 is 2.17 bits per heavy atom. The van der Waals surface area contributed by atoms with E-state index in [9.17, 15) is 9.59 Å². The van der Waals surface area contributed by atoms with Gasteiger partial charge in [0.05, 0.1) is 17.9 Å². The molecule has 1 aromatic carbocycles. The molecule has 1 amide bonds. The predicted molar refractivity (Wildman–Crippen MR) is 120 cm³/mol. The van der Waals surface area contributed by atoms with Crippen molar-refractivity contribution in [1.29, 1.82) is 0 Å². The van der Waals surface area contributed by atoms with Gasteiger partial charge in [-0.1, -0.05) is 35.0 Å². The molecule has 1 aliphatic carbocycles. The Bertz CT molecular complexity index is 1150. The molecule has 0 unspecified atom stereocenters. The first-order valence-electron chi connectivity index (χ1n) is 9.54. The molecule has 2 aromatic heterocycles. The molecule has 3 aromatic rings. The molecule has 2 atom stereocenters. The highest BCUT2D eigenvalue weighted by atomic mass is 79.9. The van der Waals surface area contributed by atoms with Crippen molar-refractivity contribution in [1.82, 2.24) is 15.0 Å². The monoisotopic (exact) mass is 472 g/mol. The average molecular weight is 473 g/mol. The zero-order valence-corrected chi connectivity index (χ0v) is 18.6. The first kappa shape index (κ1) is 20.0. The van der Waals surface area contributed by atoms with Crippen molar-refractivity contribution in [3.05, 3.63) is 61.4 Å². The number of hydrogen-bond acceptors (Lipinski definition) is 5. The molecule has 0 radical (unpaired) electrons. The van der Waals surface area contributed by atoms with Gasteiger partial charge in [-0.05, 0) is 55.4 Å². The summed E-state index contributed by atoms with van der Waals surface area (Å²) in [6, 6.07) is 6.85. The summed E-state index contributed by atoms with van der Waals surface area (Å²) in [4.78, 5) is 32.2. The highest BCUT2D eigenvalue weighted by molar-refractivity contribution is 9.10. The molecule has 29 heavy (non-hydrogen) atoms. The highest BCUT2D eigenvalue weighted by Crippen LogP contribution is 2.35. The van der Waals surface area contributed by atoms with Gasteiger partial charge in [-0.2, -0.15) is 5.10 Å². The van der Waals surface area contributed by atoms with E-state index < -0.39 is 6.04 Å². The van der Waals surface area contributed by atoms with Crippen molar-refractivity contribution in [2.24, 2.45) is 11.0 Å². The van der Waals surface area contributed by atoms with Crippen LogP contribution in [-0.2, 0) is 17.6 Å². The first-order chi connectivity index (χ1) is 13.9. The second-order valence-electron chi connectivity index (χ2n) is 7.45. The smallest absolute Gasteiger partial charge is 0.263 e. The summed E-state index contributed by atoms with van der Waals surface area (Å²) in [6.07, 6.45) is 6.01. The van der Waals surface area contributed by atoms with Gasteiger partial charge in [0.2, 0.25) is 0 Å². The third kappa shape index (κ3) is 4.04. The van der Waals surface area contributed by atoms with Crippen LogP contribution in [0.15, 0.2) is 45.0 Å². The fourth-order valence-electron chi connectivity index (χ4n) is 3.56. The largest absolute Gasteiger partial charge is 0.286 e. The number of fused-ring (bicyclic) bond motifs is 3. The van der Waals surface area contributed by atoms with E-state index in [1.54, 1.807) is 24.5 Å². The summed E-state index contributed by atoms with van der Waals surface area (Å²) < 4.78 is 2.37. The summed E-state index contributed by atoms with van der Waals surface area (Å²) in [5.74, 6) is 0.269. The highest BCUT2D eigenvalue weighted by Gasteiger charge is 2.25. The van der Waals surface area contributed by atoms with Crippen LogP contribution in [0.25, 0.3) is 10.2 Å². The third-order valence-electron chi connectivity index (χ3n) is 5.30. The molecule has 0 fully saturated rings. The normalized spacial score (nSPS) is 17.4. The summed E-state index contributed by atoms with van der Waals surface area (Å²) in [6.45, 7) is 3.92. The molecule has 2 heterocycles. The van der Waals surface area contributed by atoms with Crippen molar-refractivity contribution < 1.29 is 4.79 Å². The van der Waals surface area contributed by atoms with Crippen LogP contribution in [-0.4, -0.2) is 21.7 Å². The van der Waals surface area contributed by atoms with E-state index in [1.165, 1.54) is 15.8 Å². The molecular weight excluding hydrogens is 452 g/mol. The lowest BCUT2D eigenvalue weighted by molar-refractivity contribution is -0.123. The van der Waals surface area contributed by atoms with Crippen molar-refractivity contribution >= 4 is 49.6 Å². The minimum atomic E-state index is -0.709. The number of nitrogens with one attached hydrogen (secondary N) is 1. The van der Waals surface area contributed by atoms with Gasteiger partial charge in [-0.25, -0.2) is 10.4 Å². The van der Waals surface area contributed by atoms with Crippen LogP contribution in [0, 0.1) is 5.92 Å². The second-order valence-corrected chi connectivity index (χ2v) is 9.45. The Hall–Kier alpha value is -2.32. The van der Waals surface area contributed by atoms with E-state index in [2.05, 4.69) is 38.4 Å². The number of rotatable bonds is 4. The number of hydrogen-bond donors (Lipinski definition) is 1. The number of benzene rings is 1. The maximum Gasteiger partial charge on any atom is 0.263 e. The van der Waals surface area contributed by atoms with E-state index in [1.807, 2.05) is 24.3 Å². The number of thiophene rings is 1. The van der Waals surface area contributed by atoms with E-state index >= 15 is 0 Å². The number of aryl methyl sites for hydroxylation is 1. The fourth-order valence-corrected chi connectivity index (χ4v) is 5.16. The summed E-state index contributed by atoms with van der Waals surface area (Å²) >= 11 is 4.98. The minimum absolute atomic E-state index is 0.151. The van der Waals surface area contributed by atoms with E-state index in [-0.39, 0.29) is 11.5 Å². The Balaban J connectivity index is 1.55. The molecule has 0 saturated carbocycles. The zero-order chi connectivity index (χ0) is 20.5. The van der Waals surface area contributed by atoms with E-state index in [0.29, 0.717) is 11.3 Å². The van der Waals surface area contributed by atoms with Crippen LogP contribution in [0.5, 0.6) is 0 Å². The van der Waals surface area contributed by atoms with Crippen LogP contribution in [0.4, 0.5) is 0 Å². The Labute approximate surface area is 180 Å². The Morgan fingerprint density at radius 1 is 1.41 bits per heavy atom. The van der Waals surface area contributed by atoms with E-state index in [0.717, 1.165) is 39.7 Å². The lowest BCUT2D eigenvalue weighted by Crippen LogP contribution is -2.34. The molecule has 0 saturated heterocycles. The van der Waals surface area contributed by atoms with Gasteiger partial charge in [-0.3, -0.25) is 14.2 Å². The minimum Gasteiger partial charge on any atom is -0.286 e. The van der Waals surface area contributed by atoms with Crippen molar-refractivity contribution in [2.45, 2.75) is 39.2 Å². The number of carbonyl (C=O) groups is 1. The van der Waals surface area contributed by atoms with Gasteiger partial charge in [0.15, 0.2) is 0 Å². The van der Waals surface area contributed by atoms with Crippen LogP contribution in [0.2, 0.25) is 0 Å². The lowest BCUT2D eigenvalue weighted by Gasteiger charge is -2.18. The molecular formula is C21H21BrN4O2S. The van der Waals surface area contributed by atoms with Gasteiger partial charge in [0.25, 0.3) is 11.5 Å². The molecule has 150 valence electrons. The summed E-state index contributed by atoms with van der Waals surface area (Å²) in [7, 11) is 0. The number of hydrazone groups is 1. The Morgan fingerprint density at radius 3 is 2.93 bits per heavy atom. The molecule has 6 nitrogen and oxygen atoms in total. The number of carbonyl (C=O) groups excluding carboxylic acids is 1. The topological polar surface area (TPSA) is 76.3 Å². The Kier molecular flexibility index (Phi) is 5.65. The van der Waals surface area contributed by atoms with Gasteiger partial charge < -0.3 is 0 Å². The molecule has 4 rings (SSSR count). The van der Waals surface area contributed by atoms with Crippen molar-refractivity contribution in [2.75, 3.05) is 0 Å². The van der Waals surface area contributed by atoms with Crippen molar-refractivity contribution in [3.63, 3.8) is 0 Å². The first-order valence-corrected chi connectivity index (χ1v) is 11.1. The quantitative estimate of drug-likeness (QED) is 0.459. The molecule has 0 spiro atoms. The maximum absolute atomic E-state index is 13.1. The molecule has 8 heteroatoms. The zero-order valence-electron chi connectivity index (χ0n) is 16.2. The summed E-state index contributed by atoms with van der Waals surface area (Å²) in [5, 5.41) is 4.68. The molecule has 1 N–H and O–H groups in total. The second kappa shape index (κ2) is 8.20. The van der Waals surface area contributed by atoms with Gasteiger partial charge in [-0.15, -0.1) is 11.3 Å². The van der Waals surface area contributed by atoms with Crippen LogP contribution < -0.4 is 11.0 Å². The number of amides is 1. The van der Waals surface area contributed by atoms with Crippen molar-refractivity contribution in [3.8, 4) is 0 Å². The SMILES string of the molecule is C[C@H]1CCc2c(sc3ncn([C@@H](C)C(=O)NN=Cc4ccc(Br)cc4)c(=O)c23)C1. The van der Waals surface area contributed by atoms with Gasteiger partial charge >= 0.3 is 0 Å². The fraction of sp³-hybridized carbons (Fsp3) is 0.333. The van der Waals surface area contributed by atoms with Gasteiger partial charge in [0.1, 0.15) is 10.9 Å². The van der Waals surface area contributed by atoms with Crippen LogP contribution >= 0.6 is 27.3 Å². The molecule has 0 aliphatic heterocycles. The average Bonchev–Trinajstić information content (AvgIpc) is 3.07. The number of halogens is 1.